The molecule has 0 saturated heterocycles. The van der Waals surface area contributed by atoms with E-state index < -0.39 is 0 Å². The molecule has 2 aliphatic rings. The molecule has 0 amide bonds. The molecular formula is C24H22N2O3. The molecule has 3 aromatic carbocycles. The predicted molar refractivity (Wildman–Crippen MR) is 112 cm³/mol. The summed E-state index contributed by atoms with van der Waals surface area (Å²) in [7, 11) is 3.36. The lowest BCUT2D eigenvalue weighted by atomic mass is 9.96. The highest BCUT2D eigenvalue weighted by Crippen LogP contribution is 2.47. The lowest BCUT2D eigenvalue weighted by molar-refractivity contribution is -0.0191. The molecule has 5 heteroatoms. The molecule has 0 unspecified atom stereocenters. The Morgan fingerprint density at radius 3 is 2.48 bits per heavy atom. The molecule has 0 radical (unpaired) electrons. The lowest BCUT2D eigenvalue weighted by Gasteiger charge is -2.38. The van der Waals surface area contributed by atoms with Crippen LogP contribution < -0.4 is 14.2 Å². The molecule has 0 saturated carbocycles. The number of rotatable bonds is 4. The number of hydrogen-bond donors (Lipinski definition) is 0. The highest BCUT2D eigenvalue weighted by atomic mass is 16.5. The smallest absolute Gasteiger partial charge is 0.214 e. The maximum absolute atomic E-state index is 6.40. The molecule has 2 heterocycles. The van der Waals surface area contributed by atoms with Gasteiger partial charge in [0.25, 0.3) is 0 Å². The van der Waals surface area contributed by atoms with Gasteiger partial charge >= 0.3 is 0 Å². The van der Waals surface area contributed by atoms with Gasteiger partial charge in [0.2, 0.25) is 6.23 Å². The van der Waals surface area contributed by atoms with Gasteiger partial charge in [-0.25, -0.2) is 5.01 Å². The average molecular weight is 386 g/mol. The molecule has 0 spiro atoms. The number of nitrogens with zero attached hydrogens (tertiary/aromatic N) is 2. The third-order valence-corrected chi connectivity index (χ3v) is 5.48. The zero-order valence-electron chi connectivity index (χ0n) is 16.4. The number of methoxy groups -OCH3 is 2. The van der Waals surface area contributed by atoms with E-state index in [2.05, 4.69) is 29.3 Å². The van der Waals surface area contributed by atoms with Crippen LogP contribution in [0.4, 0.5) is 0 Å². The Morgan fingerprint density at radius 1 is 0.897 bits per heavy atom. The lowest BCUT2D eigenvalue weighted by Crippen LogP contribution is -2.33. The minimum atomic E-state index is -0.312. The van der Waals surface area contributed by atoms with Crippen molar-refractivity contribution in [2.24, 2.45) is 5.10 Å². The molecule has 29 heavy (non-hydrogen) atoms. The van der Waals surface area contributed by atoms with Gasteiger partial charge in [0, 0.05) is 23.1 Å². The summed E-state index contributed by atoms with van der Waals surface area (Å²) in [4.78, 5) is 0. The first-order chi connectivity index (χ1) is 14.3. The van der Waals surface area contributed by atoms with E-state index in [1.165, 1.54) is 0 Å². The standard InChI is InChI=1S/C24H22N2O3/c1-27-18-9-5-7-16(13-18)21-15-22-20-11-3-4-12-23(20)29-24(26(22)25-21)17-8-6-10-19(14-17)28-2/h3-14,22,24H,15H2,1-2H3/t22-,24-/m0/s1. The zero-order valence-corrected chi connectivity index (χ0v) is 16.4. The number of para-hydroxylation sites is 1. The van der Waals surface area contributed by atoms with Crippen LogP contribution in [0.15, 0.2) is 77.9 Å². The molecule has 0 fully saturated rings. The van der Waals surface area contributed by atoms with Gasteiger partial charge in [-0.05, 0) is 30.3 Å². The predicted octanol–water partition coefficient (Wildman–Crippen LogP) is 4.95. The van der Waals surface area contributed by atoms with Gasteiger partial charge in [-0.15, -0.1) is 0 Å². The van der Waals surface area contributed by atoms with Crippen LogP contribution in [0.1, 0.15) is 35.4 Å². The molecule has 0 bridgehead atoms. The largest absolute Gasteiger partial charge is 0.497 e. The average Bonchev–Trinajstić information content (AvgIpc) is 3.24. The third kappa shape index (κ3) is 3.09. The van der Waals surface area contributed by atoms with Crippen molar-refractivity contribution in [2.75, 3.05) is 14.2 Å². The third-order valence-electron chi connectivity index (χ3n) is 5.48. The van der Waals surface area contributed by atoms with Gasteiger partial charge in [-0.3, -0.25) is 0 Å². The van der Waals surface area contributed by atoms with Crippen LogP contribution in [-0.2, 0) is 0 Å². The number of hydrogen-bond acceptors (Lipinski definition) is 5. The Labute approximate surface area is 170 Å². The molecule has 5 rings (SSSR count). The number of ether oxygens (including phenoxy) is 3. The Hall–Kier alpha value is -3.47. The second-order valence-electron chi connectivity index (χ2n) is 7.16. The molecule has 2 aliphatic heterocycles. The van der Waals surface area contributed by atoms with Crippen LogP contribution in [0.2, 0.25) is 0 Å². The van der Waals surface area contributed by atoms with E-state index in [1.807, 2.05) is 48.5 Å². The van der Waals surface area contributed by atoms with E-state index in [0.717, 1.165) is 46.1 Å². The molecule has 2 atom stereocenters. The Kier molecular flexibility index (Phi) is 4.35. The summed E-state index contributed by atoms with van der Waals surface area (Å²) in [6.07, 6.45) is 0.502. The van der Waals surface area contributed by atoms with Crippen LogP contribution in [0.5, 0.6) is 17.2 Å². The Morgan fingerprint density at radius 2 is 1.66 bits per heavy atom. The Balaban J connectivity index is 1.58. The van der Waals surface area contributed by atoms with Gasteiger partial charge in [0.1, 0.15) is 17.2 Å². The van der Waals surface area contributed by atoms with E-state index in [9.17, 15) is 0 Å². The summed E-state index contributed by atoms with van der Waals surface area (Å²) >= 11 is 0. The van der Waals surface area contributed by atoms with Gasteiger partial charge in [0.05, 0.1) is 26.0 Å². The fourth-order valence-electron chi connectivity index (χ4n) is 4.03. The van der Waals surface area contributed by atoms with Gasteiger partial charge in [-0.1, -0.05) is 42.5 Å². The van der Waals surface area contributed by atoms with Gasteiger partial charge < -0.3 is 14.2 Å². The molecule has 0 aliphatic carbocycles. The van der Waals surface area contributed by atoms with E-state index in [0.29, 0.717) is 0 Å². The maximum Gasteiger partial charge on any atom is 0.214 e. The molecule has 0 N–H and O–H groups in total. The first kappa shape index (κ1) is 17.6. The quantitative estimate of drug-likeness (QED) is 0.637. The van der Waals surface area contributed by atoms with Crippen molar-refractivity contribution in [2.45, 2.75) is 18.7 Å². The summed E-state index contributed by atoms with van der Waals surface area (Å²) in [5.41, 5.74) is 4.27. The normalized spacial score (nSPS) is 19.7. The van der Waals surface area contributed by atoms with Crippen molar-refractivity contribution in [3.8, 4) is 17.2 Å². The zero-order chi connectivity index (χ0) is 19.8. The highest BCUT2D eigenvalue weighted by molar-refractivity contribution is 6.02. The van der Waals surface area contributed by atoms with E-state index in [1.54, 1.807) is 14.2 Å². The summed E-state index contributed by atoms with van der Waals surface area (Å²) < 4.78 is 17.2. The topological polar surface area (TPSA) is 43.3 Å². The number of benzene rings is 3. The fourth-order valence-corrected chi connectivity index (χ4v) is 4.03. The monoisotopic (exact) mass is 386 g/mol. The summed E-state index contributed by atoms with van der Waals surface area (Å²) in [5, 5.41) is 7.07. The van der Waals surface area contributed by atoms with Crippen molar-refractivity contribution in [1.82, 2.24) is 5.01 Å². The van der Waals surface area contributed by atoms with E-state index in [-0.39, 0.29) is 12.3 Å². The van der Waals surface area contributed by atoms with Crippen LogP contribution in [-0.4, -0.2) is 24.9 Å². The first-order valence-corrected chi connectivity index (χ1v) is 9.66. The number of fused-ring (bicyclic) bond motifs is 3. The van der Waals surface area contributed by atoms with Crippen molar-refractivity contribution in [1.29, 1.82) is 0 Å². The van der Waals surface area contributed by atoms with Crippen LogP contribution >= 0.6 is 0 Å². The van der Waals surface area contributed by atoms with Crippen LogP contribution in [0.25, 0.3) is 0 Å². The van der Waals surface area contributed by atoms with Gasteiger partial charge in [-0.2, -0.15) is 5.10 Å². The van der Waals surface area contributed by atoms with Crippen LogP contribution in [0, 0.1) is 0 Å². The Bertz CT molecular complexity index is 1080. The van der Waals surface area contributed by atoms with E-state index >= 15 is 0 Å². The highest BCUT2D eigenvalue weighted by Gasteiger charge is 2.40. The molecule has 3 aromatic rings. The van der Waals surface area contributed by atoms with Crippen molar-refractivity contribution >= 4 is 5.71 Å². The maximum atomic E-state index is 6.40. The fraction of sp³-hybridized carbons (Fsp3) is 0.208. The summed E-state index contributed by atoms with van der Waals surface area (Å²) in [6, 6.07) is 24.4. The van der Waals surface area contributed by atoms with Crippen LogP contribution in [0.3, 0.4) is 0 Å². The molecular weight excluding hydrogens is 364 g/mol. The second kappa shape index (κ2) is 7.17. The second-order valence-corrected chi connectivity index (χ2v) is 7.16. The van der Waals surface area contributed by atoms with Crippen molar-refractivity contribution in [3.63, 3.8) is 0 Å². The van der Waals surface area contributed by atoms with Crippen molar-refractivity contribution < 1.29 is 14.2 Å². The minimum absolute atomic E-state index is 0.123. The van der Waals surface area contributed by atoms with Crippen molar-refractivity contribution in [3.05, 3.63) is 89.5 Å². The molecule has 146 valence electrons. The molecule has 5 nitrogen and oxygen atoms in total. The number of hydrazone groups is 1. The van der Waals surface area contributed by atoms with Gasteiger partial charge in [0.15, 0.2) is 0 Å². The molecule has 0 aromatic heterocycles. The summed E-state index contributed by atoms with van der Waals surface area (Å²) in [6.45, 7) is 0. The van der Waals surface area contributed by atoms with E-state index in [4.69, 9.17) is 19.3 Å². The first-order valence-electron chi connectivity index (χ1n) is 9.66. The summed E-state index contributed by atoms with van der Waals surface area (Å²) in [5.74, 6) is 2.54. The SMILES string of the molecule is COc1cccc(C2=NN3[C@@H](C2)c2ccccc2O[C@H]3c2cccc(OC)c2)c1. The minimum Gasteiger partial charge on any atom is -0.497 e.